The van der Waals surface area contributed by atoms with Gasteiger partial charge >= 0.3 is 12.1 Å². The molecule has 1 aromatic heterocycles. The molecule has 0 bridgehead atoms. The fraction of sp³-hybridized carbons (Fsp3) is 0.545. The lowest BCUT2D eigenvalue weighted by Crippen LogP contribution is -2.21. The molecule has 0 fully saturated rings. The summed E-state index contributed by atoms with van der Waals surface area (Å²) in [5.74, 6) is 0.252. The van der Waals surface area contributed by atoms with Gasteiger partial charge in [-0.1, -0.05) is 0 Å². The molecule has 0 atom stereocenters. The molecule has 1 rings (SSSR count). The number of esters is 1. The number of ether oxygens (including phenoxy) is 1. The lowest BCUT2D eigenvalue weighted by molar-refractivity contribution is -0.133. The number of halogens is 3. The largest absolute Gasteiger partial charge is 0.465 e. The van der Waals surface area contributed by atoms with Gasteiger partial charge in [0.1, 0.15) is 17.1 Å². The van der Waals surface area contributed by atoms with E-state index in [0.29, 0.717) is 11.5 Å². The molecule has 0 spiro atoms. The van der Waals surface area contributed by atoms with Crippen molar-refractivity contribution < 1.29 is 27.1 Å². The highest BCUT2D eigenvalue weighted by molar-refractivity contribution is 5.90. The zero-order valence-corrected chi connectivity index (χ0v) is 10.1. The van der Waals surface area contributed by atoms with Crippen molar-refractivity contribution in [2.24, 2.45) is 0 Å². The number of carbonyl (C=O) groups is 1. The molecular formula is C11H14F3NO3. The highest BCUT2D eigenvalue weighted by Crippen LogP contribution is 2.19. The first kappa shape index (κ1) is 14.6. The normalized spacial score (nSPS) is 11.6. The highest BCUT2D eigenvalue weighted by atomic mass is 19.4. The Morgan fingerprint density at radius 2 is 2.17 bits per heavy atom. The third-order valence-corrected chi connectivity index (χ3v) is 2.26. The molecule has 0 saturated heterocycles. The average Bonchev–Trinajstić information content (AvgIpc) is 2.64. The molecule has 1 heterocycles. The van der Waals surface area contributed by atoms with E-state index in [1.54, 1.807) is 6.92 Å². The Labute approximate surface area is 102 Å². The van der Waals surface area contributed by atoms with E-state index in [-0.39, 0.29) is 18.7 Å². The first-order valence-electron chi connectivity index (χ1n) is 5.28. The van der Waals surface area contributed by atoms with Crippen LogP contribution in [0.15, 0.2) is 10.5 Å². The first-order chi connectivity index (χ1) is 8.33. The molecule has 0 aromatic carbocycles. The van der Waals surface area contributed by atoms with Crippen molar-refractivity contribution in [1.82, 2.24) is 5.32 Å². The topological polar surface area (TPSA) is 51.5 Å². The van der Waals surface area contributed by atoms with E-state index in [4.69, 9.17) is 4.42 Å². The molecule has 0 radical (unpaired) electrons. The van der Waals surface area contributed by atoms with Gasteiger partial charge in [0.15, 0.2) is 0 Å². The zero-order chi connectivity index (χ0) is 13.8. The Morgan fingerprint density at radius 3 is 2.72 bits per heavy atom. The van der Waals surface area contributed by atoms with E-state index < -0.39 is 18.6 Å². The summed E-state index contributed by atoms with van der Waals surface area (Å²) < 4.78 is 45.4. The Bertz CT molecular complexity index is 412. The van der Waals surface area contributed by atoms with Crippen LogP contribution in [0, 0.1) is 6.92 Å². The third kappa shape index (κ3) is 4.40. The number of nitrogens with one attached hydrogen (secondary N) is 1. The number of alkyl halides is 3. The number of rotatable bonds is 5. The van der Waals surface area contributed by atoms with E-state index in [9.17, 15) is 18.0 Å². The van der Waals surface area contributed by atoms with Crippen LogP contribution in [0.5, 0.6) is 0 Å². The minimum Gasteiger partial charge on any atom is -0.465 e. The standard InChI is InChI=1S/C11H14F3NO3/c1-7-9(10(16)17-2)5-8(18-7)6-15-4-3-11(12,13)14/h5,15H,3-4,6H2,1-2H3. The smallest absolute Gasteiger partial charge is 0.390 e. The highest BCUT2D eigenvalue weighted by Gasteiger charge is 2.26. The van der Waals surface area contributed by atoms with Crippen molar-refractivity contribution in [3.8, 4) is 0 Å². The first-order valence-corrected chi connectivity index (χ1v) is 5.28. The summed E-state index contributed by atoms with van der Waals surface area (Å²) in [4.78, 5) is 11.3. The molecule has 0 aliphatic rings. The Morgan fingerprint density at radius 1 is 1.50 bits per heavy atom. The minimum atomic E-state index is -4.18. The predicted molar refractivity (Wildman–Crippen MR) is 57.2 cm³/mol. The van der Waals surface area contributed by atoms with Crippen LogP contribution >= 0.6 is 0 Å². The Kier molecular flexibility index (Phi) is 4.77. The summed E-state index contributed by atoms with van der Waals surface area (Å²) in [6.45, 7) is 1.52. The molecule has 1 aromatic rings. The van der Waals surface area contributed by atoms with Gasteiger partial charge < -0.3 is 14.5 Å². The molecule has 7 heteroatoms. The fourth-order valence-electron chi connectivity index (χ4n) is 1.39. The van der Waals surface area contributed by atoms with Gasteiger partial charge in [0.25, 0.3) is 0 Å². The summed E-state index contributed by atoms with van der Waals surface area (Å²) in [6.07, 6.45) is -5.08. The molecule has 0 aliphatic carbocycles. The van der Waals surface area contributed by atoms with Gasteiger partial charge in [-0.05, 0) is 13.0 Å². The second kappa shape index (κ2) is 5.90. The van der Waals surface area contributed by atoms with Gasteiger partial charge in [-0.3, -0.25) is 0 Å². The van der Waals surface area contributed by atoms with Gasteiger partial charge in [-0.25, -0.2) is 4.79 Å². The van der Waals surface area contributed by atoms with Gasteiger partial charge in [0.2, 0.25) is 0 Å². The lowest BCUT2D eigenvalue weighted by atomic mass is 10.2. The molecular weight excluding hydrogens is 251 g/mol. The SMILES string of the molecule is COC(=O)c1cc(CNCCC(F)(F)F)oc1C. The Balaban J connectivity index is 2.47. The average molecular weight is 265 g/mol. The lowest BCUT2D eigenvalue weighted by Gasteiger charge is -2.06. The number of methoxy groups -OCH3 is 1. The van der Waals surface area contributed by atoms with Crippen LogP contribution < -0.4 is 5.32 Å². The fourth-order valence-corrected chi connectivity index (χ4v) is 1.39. The summed E-state index contributed by atoms with van der Waals surface area (Å²) in [7, 11) is 1.25. The summed E-state index contributed by atoms with van der Waals surface area (Å²) >= 11 is 0. The number of furan rings is 1. The second-order valence-electron chi connectivity index (χ2n) is 3.72. The molecule has 0 unspecified atom stereocenters. The molecule has 1 N–H and O–H groups in total. The maximum Gasteiger partial charge on any atom is 0.390 e. The van der Waals surface area contributed by atoms with Gasteiger partial charge in [0, 0.05) is 6.54 Å². The number of hydrogen-bond acceptors (Lipinski definition) is 4. The van der Waals surface area contributed by atoms with Crippen molar-refractivity contribution >= 4 is 5.97 Å². The number of aryl methyl sites for hydroxylation is 1. The predicted octanol–water partition coefficient (Wildman–Crippen LogP) is 2.42. The van der Waals surface area contributed by atoms with Crippen LogP contribution in [0.2, 0.25) is 0 Å². The van der Waals surface area contributed by atoms with Crippen molar-refractivity contribution in [1.29, 1.82) is 0 Å². The van der Waals surface area contributed by atoms with Crippen LogP contribution in [0.25, 0.3) is 0 Å². The zero-order valence-electron chi connectivity index (χ0n) is 10.1. The molecule has 102 valence electrons. The van der Waals surface area contributed by atoms with Crippen LogP contribution in [-0.2, 0) is 11.3 Å². The summed E-state index contributed by atoms with van der Waals surface area (Å²) in [6, 6.07) is 1.46. The van der Waals surface area contributed by atoms with Gasteiger partial charge in [-0.2, -0.15) is 13.2 Å². The maximum atomic E-state index is 11.9. The van der Waals surface area contributed by atoms with Gasteiger partial charge in [0.05, 0.1) is 20.1 Å². The molecule has 0 saturated carbocycles. The summed E-state index contributed by atoms with van der Waals surface area (Å²) in [5, 5.41) is 2.59. The monoisotopic (exact) mass is 265 g/mol. The number of carbonyl (C=O) groups excluding carboxylic acids is 1. The van der Waals surface area contributed by atoms with Crippen molar-refractivity contribution in [3.05, 3.63) is 23.2 Å². The van der Waals surface area contributed by atoms with Crippen LogP contribution in [0.4, 0.5) is 13.2 Å². The van der Waals surface area contributed by atoms with Crippen LogP contribution in [0.3, 0.4) is 0 Å². The van der Waals surface area contributed by atoms with E-state index in [1.165, 1.54) is 13.2 Å². The Hall–Kier alpha value is -1.50. The van der Waals surface area contributed by atoms with E-state index in [1.807, 2.05) is 0 Å². The maximum absolute atomic E-state index is 11.9. The molecule has 18 heavy (non-hydrogen) atoms. The number of hydrogen-bond donors (Lipinski definition) is 1. The third-order valence-electron chi connectivity index (χ3n) is 2.26. The van der Waals surface area contributed by atoms with E-state index in [2.05, 4.69) is 10.1 Å². The van der Waals surface area contributed by atoms with E-state index in [0.717, 1.165) is 0 Å². The van der Waals surface area contributed by atoms with Crippen molar-refractivity contribution in [3.63, 3.8) is 0 Å². The quantitative estimate of drug-likeness (QED) is 0.656. The molecule has 0 amide bonds. The molecule has 4 nitrogen and oxygen atoms in total. The molecule has 0 aliphatic heterocycles. The second-order valence-corrected chi connectivity index (χ2v) is 3.72. The van der Waals surface area contributed by atoms with E-state index >= 15 is 0 Å². The summed E-state index contributed by atoms with van der Waals surface area (Å²) in [5.41, 5.74) is 0.283. The minimum absolute atomic E-state index is 0.133. The van der Waals surface area contributed by atoms with Crippen LogP contribution in [-0.4, -0.2) is 25.8 Å². The van der Waals surface area contributed by atoms with Crippen molar-refractivity contribution in [2.75, 3.05) is 13.7 Å². The van der Waals surface area contributed by atoms with Crippen molar-refractivity contribution in [2.45, 2.75) is 26.1 Å². The van der Waals surface area contributed by atoms with Gasteiger partial charge in [-0.15, -0.1) is 0 Å². The van der Waals surface area contributed by atoms with Crippen LogP contribution in [0.1, 0.15) is 28.3 Å².